The second-order valence-corrected chi connectivity index (χ2v) is 4.99. The summed E-state index contributed by atoms with van der Waals surface area (Å²) >= 11 is 0. The highest BCUT2D eigenvalue weighted by atomic mass is 16.5. The number of esters is 1. The molecular formula is C13H22N2O5. The number of carbonyl (C=O) groups is 3. The number of carbonyl (C=O) groups excluding carboxylic acids is 2. The lowest BCUT2D eigenvalue weighted by molar-refractivity contribution is -0.145. The molecule has 0 radical (unpaired) electrons. The summed E-state index contributed by atoms with van der Waals surface area (Å²) < 4.78 is 4.78. The van der Waals surface area contributed by atoms with Crippen LogP contribution in [-0.2, 0) is 14.3 Å². The molecule has 0 saturated heterocycles. The Kier molecular flexibility index (Phi) is 6.27. The number of hydrogen-bond donors (Lipinski definition) is 3. The zero-order valence-corrected chi connectivity index (χ0v) is 11.8. The molecule has 0 aromatic heterocycles. The quantitative estimate of drug-likeness (QED) is 0.651. The van der Waals surface area contributed by atoms with Crippen molar-refractivity contribution < 1.29 is 24.2 Å². The van der Waals surface area contributed by atoms with Gasteiger partial charge in [0.1, 0.15) is 6.04 Å². The predicted molar refractivity (Wildman–Crippen MR) is 71.1 cm³/mol. The molecule has 7 heteroatoms. The Morgan fingerprint density at radius 3 is 2.65 bits per heavy atom. The minimum absolute atomic E-state index is 0.167. The van der Waals surface area contributed by atoms with Crippen molar-refractivity contribution in [3.05, 3.63) is 0 Å². The molecule has 1 fully saturated rings. The first-order valence-corrected chi connectivity index (χ1v) is 6.90. The van der Waals surface area contributed by atoms with Crippen molar-refractivity contribution in [2.75, 3.05) is 6.61 Å². The van der Waals surface area contributed by atoms with Crippen molar-refractivity contribution in [3.8, 4) is 0 Å². The smallest absolute Gasteiger partial charge is 0.328 e. The summed E-state index contributed by atoms with van der Waals surface area (Å²) in [4.78, 5) is 34.0. The van der Waals surface area contributed by atoms with Gasteiger partial charge < -0.3 is 20.5 Å². The maximum absolute atomic E-state index is 11.7. The molecule has 1 aliphatic rings. The number of nitrogens with one attached hydrogen (secondary N) is 2. The van der Waals surface area contributed by atoms with Crippen molar-refractivity contribution in [2.24, 2.45) is 5.92 Å². The summed E-state index contributed by atoms with van der Waals surface area (Å²) in [6.45, 7) is 3.49. The van der Waals surface area contributed by atoms with E-state index in [1.165, 1.54) is 0 Å². The van der Waals surface area contributed by atoms with Crippen molar-refractivity contribution >= 4 is 18.0 Å². The normalized spacial score (nSPS) is 23.5. The van der Waals surface area contributed by atoms with Crippen LogP contribution in [0.3, 0.4) is 0 Å². The molecule has 20 heavy (non-hydrogen) atoms. The van der Waals surface area contributed by atoms with Gasteiger partial charge in [-0.3, -0.25) is 4.79 Å². The zero-order chi connectivity index (χ0) is 15.1. The summed E-state index contributed by atoms with van der Waals surface area (Å²) in [5, 5.41) is 14.2. The van der Waals surface area contributed by atoms with E-state index in [1.807, 2.05) is 0 Å². The number of carboxylic acids is 1. The van der Waals surface area contributed by atoms with Crippen molar-refractivity contribution in [1.29, 1.82) is 0 Å². The Labute approximate surface area is 118 Å². The lowest BCUT2D eigenvalue weighted by Crippen LogP contribution is -2.49. The van der Waals surface area contributed by atoms with Gasteiger partial charge in [-0.15, -0.1) is 0 Å². The Morgan fingerprint density at radius 2 is 2.05 bits per heavy atom. The molecule has 3 unspecified atom stereocenters. The number of aliphatic carboxylic acids is 1. The van der Waals surface area contributed by atoms with Crippen LogP contribution in [0.15, 0.2) is 0 Å². The van der Waals surface area contributed by atoms with Crippen molar-refractivity contribution in [1.82, 2.24) is 10.6 Å². The van der Waals surface area contributed by atoms with Gasteiger partial charge in [-0.1, -0.05) is 6.42 Å². The van der Waals surface area contributed by atoms with E-state index in [0.29, 0.717) is 12.8 Å². The van der Waals surface area contributed by atoms with E-state index >= 15 is 0 Å². The molecule has 0 aromatic rings. The average Bonchev–Trinajstić information content (AvgIpc) is 2.39. The van der Waals surface area contributed by atoms with Gasteiger partial charge in [0.25, 0.3) is 0 Å². The minimum atomic E-state index is -0.822. The molecule has 2 amide bonds. The van der Waals surface area contributed by atoms with Gasteiger partial charge in [-0.2, -0.15) is 0 Å². The van der Waals surface area contributed by atoms with E-state index in [1.54, 1.807) is 13.8 Å². The highest BCUT2D eigenvalue weighted by Gasteiger charge is 2.28. The summed E-state index contributed by atoms with van der Waals surface area (Å²) in [6, 6.07) is -1.37. The first-order chi connectivity index (χ1) is 9.43. The maximum atomic E-state index is 11.7. The topological polar surface area (TPSA) is 105 Å². The largest absolute Gasteiger partial charge is 0.481 e. The Hall–Kier alpha value is -1.79. The fraction of sp³-hybridized carbons (Fsp3) is 0.769. The summed E-state index contributed by atoms with van der Waals surface area (Å²) in [5.41, 5.74) is 0. The van der Waals surface area contributed by atoms with Crippen LogP contribution in [0.2, 0.25) is 0 Å². The highest BCUT2D eigenvalue weighted by molar-refractivity contribution is 5.83. The fourth-order valence-electron chi connectivity index (χ4n) is 2.30. The number of hydrogen-bond acceptors (Lipinski definition) is 4. The van der Waals surface area contributed by atoms with Gasteiger partial charge >= 0.3 is 18.0 Å². The van der Waals surface area contributed by atoms with Gasteiger partial charge in [0.2, 0.25) is 0 Å². The molecule has 0 aromatic carbocycles. The number of ether oxygens (including phenoxy) is 1. The summed E-state index contributed by atoms with van der Waals surface area (Å²) in [5.74, 6) is -1.72. The van der Waals surface area contributed by atoms with E-state index in [4.69, 9.17) is 9.84 Å². The molecule has 1 rings (SSSR count). The lowest BCUT2D eigenvalue weighted by Gasteiger charge is -2.27. The predicted octanol–water partition coefficient (Wildman–Crippen LogP) is 0.881. The molecule has 3 N–H and O–H groups in total. The average molecular weight is 286 g/mol. The third kappa shape index (κ3) is 5.07. The maximum Gasteiger partial charge on any atom is 0.328 e. The molecule has 1 aliphatic carbocycles. The van der Waals surface area contributed by atoms with Gasteiger partial charge in [-0.25, -0.2) is 9.59 Å². The van der Waals surface area contributed by atoms with Crippen molar-refractivity contribution in [3.63, 3.8) is 0 Å². The molecule has 0 bridgehead atoms. The fourth-order valence-corrected chi connectivity index (χ4v) is 2.30. The third-order valence-electron chi connectivity index (χ3n) is 3.35. The van der Waals surface area contributed by atoms with Gasteiger partial charge in [0.15, 0.2) is 0 Å². The van der Waals surface area contributed by atoms with Gasteiger partial charge in [0.05, 0.1) is 12.5 Å². The van der Waals surface area contributed by atoms with Crippen LogP contribution < -0.4 is 10.6 Å². The van der Waals surface area contributed by atoms with E-state index < -0.39 is 29.9 Å². The van der Waals surface area contributed by atoms with Crippen molar-refractivity contribution in [2.45, 2.75) is 51.6 Å². The minimum Gasteiger partial charge on any atom is -0.481 e. The second-order valence-electron chi connectivity index (χ2n) is 4.99. The zero-order valence-electron chi connectivity index (χ0n) is 11.8. The molecule has 7 nitrogen and oxygen atoms in total. The monoisotopic (exact) mass is 286 g/mol. The SMILES string of the molecule is CCOC(=O)C(C)NC(=O)NC1CCCC(C(=O)O)C1. The van der Waals surface area contributed by atoms with Crippen LogP contribution >= 0.6 is 0 Å². The molecule has 3 atom stereocenters. The number of urea groups is 1. The highest BCUT2D eigenvalue weighted by Crippen LogP contribution is 2.24. The van der Waals surface area contributed by atoms with Crippen LogP contribution in [0.4, 0.5) is 4.79 Å². The van der Waals surface area contributed by atoms with E-state index in [2.05, 4.69) is 10.6 Å². The third-order valence-corrected chi connectivity index (χ3v) is 3.35. The van der Waals surface area contributed by atoms with E-state index in [0.717, 1.165) is 12.8 Å². The van der Waals surface area contributed by atoms with Crippen LogP contribution in [0, 0.1) is 5.92 Å². The second kappa shape index (κ2) is 7.72. The van der Waals surface area contributed by atoms with Crippen LogP contribution in [0.25, 0.3) is 0 Å². The first kappa shape index (κ1) is 16.3. The molecular weight excluding hydrogens is 264 g/mol. The van der Waals surface area contributed by atoms with Gasteiger partial charge in [-0.05, 0) is 33.1 Å². The lowest BCUT2D eigenvalue weighted by atomic mass is 9.86. The molecule has 1 saturated carbocycles. The van der Waals surface area contributed by atoms with Crippen LogP contribution in [-0.4, -0.2) is 41.8 Å². The first-order valence-electron chi connectivity index (χ1n) is 6.90. The Balaban J connectivity index is 2.38. The Bertz CT molecular complexity index is 372. The van der Waals surface area contributed by atoms with Crippen LogP contribution in [0.5, 0.6) is 0 Å². The van der Waals surface area contributed by atoms with Crippen LogP contribution in [0.1, 0.15) is 39.5 Å². The number of carboxylic acid groups (broad SMARTS) is 1. The standard InChI is InChI=1S/C13H22N2O5/c1-3-20-12(18)8(2)14-13(19)15-10-6-4-5-9(7-10)11(16)17/h8-10H,3-7H2,1-2H3,(H,16,17)(H2,14,15,19). The van der Waals surface area contributed by atoms with Gasteiger partial charge in [0, 0.05) is 6.04 Å². The number of rotatable bonds is 5. The van der Waals surface area contributed by atoms with E-state index in [9.17, 15) is 14.4 Å². The molecule has 0 heterocycles. The molecule has 114 valence electrons. The summed E-state index contributed by atoms with van der Waals surface area (Å²) in [7, 11) is 0. The summed E-state index contributed by atoms with van der Waals surface area (Å²) in [6.07, 6.45) is 2.60. The Morgan fingerprint density at radius 1 is 1.35 bits per heavy atom. The number of amides is 2. The molecule has 0 aliphatic heterocycles. The molecule has 0 spiro atoms. The van der Waals surface area contributed by atoms with E-state index in [-0.39, 0.29) is 12.6 Å².